The summed E-state index contributed by atoms with van der Waals surface area (Å²) < 4.78 is 0. The largest absolute Gasteiger partial charge is 0.396 e. The van der Waals surface area contributed by atoms with E-state index in [1.165, 1.54) is 25.7 Å². The second kappa shape index (κ2) is 7.31. The van der Waals surface area contributed by atoms with E-state index in [0.29, 0.717) is 25.3 Å². The first-order valence-corrected chi connectivity index (χ1v) is 6.75. The lowest BCUT2D eigenvalue weighted by Gasteiger charge is -2.45. The molecule has 0 spiro atoms. The van der Waals surface area contributed by atoms with E-state index < -0.39 is 0 Å². The summed E-state index contributed by atoms with van der Waals surface area (Å²) in [6.07, 6.45) is 6.80. The van der Waals surface area contributed by atoms with Gasteiger partial charge in [0.25, 0.3) is 0 Å². The van der Waals surface area contributed by atoms with Crippen LogP contribution in [-0.4, -0.2) is 58.7 Å². The number of nitrogens with zero attached hydrogens (tertiary/aromatic N) is 1. The van der Waals surface area contributed by atoms with Crippen molar-refractivity contribution in [3.05, 3.63) is 0 Å². The van der Waals surface area contributed by atoms with Gasteiger partial charge in [0.2, 0.25) is 0 Å². The Bertz CT molecular complexity index is 188. The summed E-state index contributed by atoms with van der Waals surface area (Å²) in [5.41, 5.74) is -0.243. The first-order valence-electron chi connectivity index (χ1n) is 6.75. The minimum Gasteiger partial charge on any atom is -0.396 e. The van der Waals surface area contributed by atoms with Crippen LogP contribution >= 0.6 is 0 Å². The van der Waals surface area contributed by atoms with Gasteiger partial charge >= 0.3 is 0 Å². The lowest BCUT2D eigenvalue weighted by molar-refractivity contribution is 0.00931. The van der Waals surface area contributed by atoms with Crippen LogP contribution < -0.4 is 0 Å². The topological polar surface area (TPSA) is 63.9 Å². The van der Waals surface area contributed by atoms with Crippen LogP contribution in [0.2, 0.25) is 0 Å². The minimum absolute atomic E-state index is 0.108. The highest BCUT2D eigenvalue weighted by molar-refractivity contribution is 4.93. The summed E-state index contributed by atoms with van der Waals surface area (Å²) in [5, 5.41) is 27.8. The molecular weight excluding hydrogens is 218 g/mol. The van der Waals surface area contributed by atoms with Gasteiger partial charge in [-0.25, -0.2) is 0 Å². The standard InChI is InChI=1S/C13H27NO3/c1-14(12-4-2-3-5-12)13(6-9-15,7-10-16)8-11-17/h12,15-17H,2-11H2,1H3. The lowest BCUT2D eigenvalue weighted by atomic mass is 9.85. The van der Waals surface area contributed by atoms with Crippen LogP contribution in [-0.2, 0) is 0 Å². The molecule has 0 aromatic heterocycles. The second-order valence-corrected chi connectivity index (χ2v) is 5.19. The summed E-state index contributed by atoms with van der Waals surface area (Å²) in [7, 11) is 2.08. The number of aliphatic hydroxyl groups is 3. The molecule has 4 heteroatoms. The first kappa shape index (κ1) is 14.9. The van der Waals surface area contributed by atoms with Crippen LogP contribution in [0.4, 0.5) is 0 Å². The van der Waals surface area contributed by atoms with Gasteiger partial charge in [0, 0.05) is 31.4 Å². The van der Waals surface area contributed by atoms with Gasteiger partial charge in [-0.1, -0.05) is 12.8 Å². The molecule has 0 aliphatic heterocycles. The van der Waals surface area contributed by atoms with Gasteiger partial charge in [0.05, 0.1) is 0 Å². The third-order valence-corrected chi connectivity index (χ3v) is 4.35. The molecule has 1 rings (SSSR count). The summed E-state index contributed by atoms with van der Waals surface area (Å²) in [4.78, 5) is 2.31. The monoisotopic (exact) mass is 245 g/mol. The van der Waals surface area contributed by atoms with E-state index in [-0.39, 0.29) is 25.4 Å². The zero-order valence-electron chi connectivity index (χ0n) is 10.9. The molecule has 0 unspecified atom stereocenters. The van der Waals surface area contributed by atoms with Gasteiger partial charge < -0.3 is 15.3 Å². The third-order valence-electron chi connectivity index (χ3n) is 4.35. The van der Waals surface area contributed by atoms with Crippen molar-refractivity contribution in [3.8, 4) is 0 Å². The fourth-order valence-corrected chi connectivity index (χ4v) is 3.21. The van der Waals surface area contributed by atoms with Crippen molar-refractivity contribution in [1.29, 1.82) is 0 Å². The van der Waals surface area contributed by atoms with Crippen LogP contribution in [0.3, 0.4) is 0 Å². The molecule has 0 atom stereocenters. The van der Waals surface area contributed by atoms with E-state index in [9.17, 15) is 15.3 Å². The summed E-state index contributed by atoms with van der Waals surface area (Å²) in [5.74, 6) is 0. The van der Waals surface area contributed by atoms with Crippen molar-refractivity contribution in [3.63, 3.8) is 0 Å². The average molecular weight is 245 g/mol. The summed E-state index contributed by atoms with van der Waals surface area (Å²) in [6, 6.07) is 0.541. The van der Waals surface area contributed by atoms with Gasteiger partial charge in [-0.15, -0.1) is 0 Å². The molecule has 102 valence electrons. The van der Waals surface area contributed by atoms with Crippen molar-refractivity contribution in [2.45, 2.75) is 56.5 Å². The normalized spacial score (nSPS) is 18.2. The molecule has 1 fully saturated rings. The zero-order chi connectivity index (χ0) is 12.7. The molecule has 0 aromatic rings. The summed E-state index contributed by atoms with van der Waals surface area (Å²) in [6.45, 7) is 0.325. The van der Waals surface area contributed by atoms with E-state index in [1.807, 2.05) is 0 Å². The maximum Gasteiger partial charge on any atom is 0.0448 e. The fourth-order valence-electron chi connectivity index (χ4n) is 3.21. The van der Waals surface area contributed by atoms with E-state index in [2.05, 4.69) is 11.9 Å². The molecule has 3 N–H and O–H groups in total. The van der Waals surface area contributed by atoms with E-state index in [1.54, 1.807) is 0 Å². The molecule has 0 saturated heterocycles. The maximum atomic E-state index is 9.26. The van der Waals surface area contributed by atoms with Crippen LogP contribution in [0.1, 0.15) is 44.9 Å². The fraction of sp³-hybridized carbons (Fsp3) is 1.00. The Morgan fingerprint density at radius 3 is 1.71 bits per heavy atom. The molecule has 0 heterocycles. The quantitative estimate of drug-likeness (QED) is 0.590. The van der Waals surface area contributed by atoms with Crippen molar-refractivity contribution in [2.75, 3.05) is 26.9 Å². The zero-order valence-corrected chi connectivity index (χ0v) is 10.9. The molecule has 4 nitrogen and oxygen atoms in total. The predicted octanol–water partition coefficient (Wildman–Crippen LogP) is 0.747. The van der Waals surface area contributed by atoms with Gasteiger partial charge in [-0.3, -0.25) is 4.90 Å². The number of aliphatic hydroxyl groups excluding tert-OH is 3. The predicted molar refractivity (Wildman–Crippen MR) is 67.9 cm³/mol. The first-order chi connectivity index (χ1) is 8.20. The Kier molecular flexibility index (Phi) is 6.41. The Labute approximate surface area is 104 Å². The minimum atomic E-state index is -0.243. The second-order valence-electron chi connectivity index (χ2n) is 5.19. The average Bonchev–Trinajstić information content (AvgIpc) is 2.82. The molecule has 0 radical (unpaired) electrons. The van der Waals surface area contributed by atoms with Gasteiger partial charge in [-0.2, -0.15) is 0 Å². The smallest absolute Gasteiger partial charge is 0.0448 e. The van der Waals surface area contributed by atoms with Crippen molar-refractivity contribution in [2.24, 2.45) is 0 Å². The number of rotatable bonds is 8. The Morgan fingerprint density at radius 1 is 0.941 bits per heavy atom. The Morgan fingerprint density at radius 2 is 1.35 bits per heavy atom. The summed E-state index contributed by atoms with van der Waals surface area (Å²) >= 11 is 0. The lowest BCUT2D eigenvalue weighted by Crippen LogP contribution is -2.52. The SMILES string of the molecule is CN(C1CCCC1)C(CCO)(CCO)CCO. The Hall–Kier alpha value is -0.160. The van der Waals surface area contributed by atoms with Crippen LogP contribution in [0, 0.1) is 0 Å². The molecular formula is C13H27NO3. The van der Waals surface area contributed by atoms with Gasteiger partial charge in [0.15, 0.2) is 0 Å². The van der Waals surface area contributed by atoms with Crippen LogP contribution in [0.5, 0.6) is 0 Å². The highest BCUT2D eigenvalue weighted by atomic mass is 16.3. The molecule has 1 saturated carbocycles. The van der Waals surface area contributed by atoms with Crippen LogP contribution in [0.25, 0.3) is 0 Å². The Balaban J connectivity index is 2.75. The van der Waals surface area contributed by atoms with Crippen molar-refractivity contribution >= 4 is 0 Å². The molecule has 0 amide bonds. The number of hydrogen-bond acceptors (Lipinski definition) is 4. The molecule has 17 heavy (non-hydrogen) atoms. The van der Waals surface area contributed by atoms with E-state index >= 15 is 0 Å². The van der Waals surface area contributed by atoms with Crippen molar-refractivity contribution in [1.82, 2.24) is 4.90 Å². The molecule has 1 aliphatic carbocycles. The number of hydrogen-bond donors (Lipinski definition) is 3. The highest BCUT2D eigenvalue weighted by Crippen LogP contribution is 2.34. The van der Waals surface area contributed by atoms with E-state index in [0.717, 1.165) is 0 Å². The van der Waals surface area contributed by atoms with Crippen molar-refractivity contribution < 1.29 is 15.3 Å². The molecule has 0 aromatic carbocycles. The molecule has 0 bridgehead atoms. The third kappa shape index (κ3) is 3.65. The highest BCUT2D eigenvalue weighted by Gasteiger charge is 2.37. The maximum absolute atomic E-state index is 9.26. The van der Waals surface area contributed by atoms with Gasteiger partial charge in [0.1, 0.15) is 0 Å². The van der Waals surface area contributed by atoms with Gasteiger partial charge in [-0.05, 0) is 39.2 Å². The van der Waals surface area contributed by atoms with Crippen LogP contribution in [0.15, 0.2) is 0 Å². The molecule has 1 aliphatic rings. The van der Waals surface area contributed by atoms with E-state index in [4.69, 9.17) is 0 Å².